The molecule has 138 valence electrons. The molecule has 0 unspecified atom stereocenters. The van der Waals surface area contributed by atoms with E-state index in [9.17, 15) is 4.79 Å². The van der Waals surface area contributed by atoms with E-state index >= 15 is 0 Å². The molecule has 3 aromatic rings. The lowest BCUT2D eigenvalue weighted by Gasteiger charge is -2.19. The Hall–Kier alpha value is -2.39. The third-order valence-electron chi connectivity index (χ3n) is 4.64. The number of hydrogen-bond donors (Lipinski definition) is 1. The van der Waals surface area contributed by atoms with Crippen molar-refractivity contribution in [2.45, 2.75) is 32.1 Å². The van der Waals surface area contributed by atoms with Gasteiger partial charge in [0.05, 0.1) is 11.6 Å². The van der Waals surface area contributed by atoms with Gasteiger partial charge in [-0.15, -0.1) is 0 Å². The van der Waals surface area contributed by atoms with Crippen LogP contribution in [0.25, 0.3) is 0 Å². The van der Waals surface area contributed by atoms with E-state index in [-0.39, 0.29) is 11.8 Å². The summed E-state index contributed by atoms with van der Waals surface area (Å²) in [5.74, 6) is -0.381. The summed E-state index contributed by atoms with van der Waals surface area (Å²) in [7, 11) is 0. The summed E-state index contributed by atoms with van der Waals surface area (Å²) in [6.45, 7) is 2.19. The molecule has 0 spiro atoms. The van der Waals surface area contributed by atoms with E-state index in [0.717, 1.165) is 27.7 Å². The fourth-order valence-corrected chi connectivity index (χ4v) is 3.71. The lowest BCUT2D eigenvalue weighted by atomic mass is 9.90. The largest absolute Gasteiger partial charge is 0.324 e. The summed E-state index contributed by atoms with van der Waals surface area (Å²) in [6, 6.07) is 26.0. The van der Waals surface area contributed by atoms with Crippen molar-refractivity contribution in [1.82, 2.24) is 0 Å². The number of aryl methyl sites for hydroxylation is 1. The van der Waals surface area contributed by atoms with Crippen molar-refractivity contribution in [3.63, 3.8) is 0 Å². The molecule has 0 saturated carbocycles. The fraction of sp³-hybridized carbons (Fsp3) is 0.208. The van der Waals surface area contributed by atoms with Gasteiger partial charge in [-0.3, -0.25) is 4.79 Å². The van der Waals surface area contributed by atoms with Crippen molar-refractivity contribution >= 4 is 27.5 Å². The molecule has 3 aromatic carbocycles. The standard InChI is InChI=1S/C24H24BrNO/c1-2-3-10-18-15-16-22(21(25)17-18)26-24(27)23(19-11-6-4-7-12-19)20-13-8-5-9-14-20/h4-9,11-17,23H,2-3,10H2,1H3,(H,26,27). The number of benzene rings is 3. The molecule has 1 N–H and O–H groups in total. The van der Waals surface area contributed by atoms with Gasteiger partial charge in [0.15, 0.2) is 0 Å². The highest BCUT2D eigenvalue weighted by Crippen LogP contribution is 2.29. The first kappa shape index (κ1) is 19.4. The molecule has 2 nitrogen and oxygen atoms in total. The Balaban J connectivity index is 1.85. The zero-order valence-electron chi connectivity index (χ0n) is 15.5. The molecular weight excluding hydrogens is 398 g/mol. The molecule has 27 heavy (non-hydrogen) atoms. The van der Waals surface area contributed by atoms with Gasteiger partial charge in [-0.25, -0.2) is 0 Å². The van der Waals surface area contributed by atoms with Crippen molar-refractivity contribution < 1.29 is 4.79 Å². The summed E-state index contributed by atoms with van der Waals surface area (Å²) in [5.41, 5.74) is 4.05. The molecule has 0 atom stereocenters. The maximum Gasteiger partial charge on any atom is 0.236 e. The van der Waals surface area contributed by atoms with Gasteiger partial charge in [-0.1, -0.05) is 80.1 Å². The minimum Gasteiger partial charge on any atom is -0.324 e. The number of carbonyl (C=O) groups is 1. The molecule has 0 aliphatic carbocycles. The quantitative estimate of drug-likeness (QED) is 0.459. The van der Waals surface area contributed by atoms with E-state index in [1.807, 2.05) is 66.7 Å². The molecule has 0 aliphatic heterocycles. The van der Waals surface area contributed by atoms with Crippen LogP contribution in [-0.2, 0) is 11.2 Å². The van der Waals surface area contributed by atoms with Gasteiger partial charge >= 0.3 is 0 Å². The number of amides is 1. The second-order valence-corrected chi connectivity index (χ2v) is 7.52. The van der Waals surface area contributed by atoms with Crippen molar-refractivity contribution in [2.75, 3.05) is 5.32 Å². The number of unbranched alkanes of at least 4 members (excludes halogenated alkanes) is 1. The Kier molecular flexibility index (Phi) is 6.83. The van der Waals surface area contributed by atoms with Gasteiger partial charge in [0.25, 0.3) is 0 Å². The topological polar surface area (TPSA) is 29.1 Å². The Morgan fingerprint density at radius 1 is 0.926 bits per heavy atom. The number of hydrogen-bond acceptors (Lipinski definition) is 1. The molecule has 3 rings (SSSR count). The minimum atomic E-state index is -0.348. The average Bonchev–Trinajstić information content (AvgIpc) is 2.70. The Labute approximate surface area is 169 Å². The van der Waals surface area contributed by atoms with Crippen LogP contribution in [0.3, 0.4) is 0 Å². The minimum absolute atomic E-state index is 0.0330. The Morgan fingerprint density at radius 3 is 2.04 bits per heavy atom. The van der Waals surface area contributed by atoms with Crippen LogP contribution in [0.1, 0.15) is 42.4 Å². The molecule has 0 saturated heterocycles. The number of nitrogens with one attached hydrogen (secondary N) is 1. The molecular formula is C24H24BrNO. The van der Waals surface area contributed by atoms with E-state index in [1.54, 1.807) is 0 Å². The first-order chi connectivity index (χ1) is 13.2. The number of rotatable bonds is 7. The molecule has 0 heterocycles. The van der Waals surface area contributed by atoms with Crippen LogP contribution in [0.15, 0.2) is 83.3 Å². The van der Waals surface area contributed by atoms with Crippen molar-refractivity contribution in [2.24, 2.45) is 0 Å². The van der Waals surface area contributed by atoms with Crippen LogP contribution < -0.4 is 5.32 Å². The third kappa shape index (κ3) is 5.08. The predicted molar refractivity (Wildman–Crippen MR) is 116 cm³/mol. The monoisotopic (exact) mass is 421 g/mol. The summed E-state index contributed by atoms with van der Waals surface area (Å²) < 4.78 is 0.921. The van der Waals surface area contributed by atoms with Crippen LogP contribution in [0.5, 0.6) is 0 Å². The molecule has 1 amide bonds. The summed E-state index contributed by atoms with van der Waals surface area (Å²) in [5, 5.41) is 3.10. The van der Waals surface area contributed by atoms with E-state index in [1.165, 1.54) is 18.4 Å². The Bertz CT molecular complexity index is 838. The Morgan fingerprint density at radius 2 is 1.52 bits per heavy atom. The summed E-state index contributed by atoms with van der Waals surface area (Å²) in [6.07, 6.45) is 3.40. The summed E-state index contributed by atoms with van der Waals surface area (Å²) >= 11 is 3.61. The highest BCUT2D eigenvalue weighted by molar-refractivity contribution is 9.10. The first-order valence-electron chi connectivity index (χ1n) is 9.38. The normalized spacial score (nSPS) is 10.8. The van der Waals surface area contributed by atoms with Gasteiger partial charge in [0.1, 0.15) is 0 Å². The van der Waals surface area contributed by atoms with E-state index < -0.39 is 0 Å². The molecule has 0 aliphatic rings. The van der Waals surface area contributed by atoms with E-state index in [0.29, 0.717) is 0 Å². The number of carbonyl (C=O) groups excluding carboxylic acids is 1. The summed E-state index contributed by atoms with van der Waals surface area (Å²) in [4.78, 5) is 13.2. The number of anilines is 1. The van der Waals surface area contributed by atoms with E-state index in [2.05, 4.69) is 40.3 Å². The average molecular weight is 422 g/mol. The third-order valence-corrected chi connectivity index (χ3v) is 5.29. The van der Waals surface area contributed by atoms with Crippen molar-refractivity contribution in [3.8, 4) is 0 Å². The number of halogens is 1. The fourth-order valence-electron chi connectivity index (χ4n) is 3.19. The van der Waals surface area contributed by atoms with Crippen LogP contribution in [0, 0.1) is 0 Å². The zero-order chi connectivity index (χ0) is 19.1. The smallest absolute Gasteiger partial charge is 0.236 e. The molecule has 0 aromatic heterocycles. The van der Waals surface area contributed by atoms with Gasteiger partial charge in [-0.05, 0) is 57.6 Å². The van der Waals surface area contributed by atoms with Crippen LogP contribution in [-0.4, -0.2) is 5.91 Å². The second kappa shape index (κ2) is 9.52. The zero-order valence-corrected chi connectivity index (χ0v) is 17.1. The maximum atomic E-state index is 13.2. The van der Waals surface area contributed by atoms with Crippen LogP contribution in [0.4, 0.5) is 5.69 Å². The van der Waals surface area contributed by atoms with Crippen molar-refractivity contribution in [3.05, 3.63) is 100 Å². The molecule has 0 fully saturated rings. The molecule has 3 heteroatoms. The van der Waals surface area contributed by atoms with Gasteiger partial charge in [0, 0.05) is 4.47 Å². The van der Waals surface area contributed by atoms with Gasteiger partial charge in [-0.2, -0.15) is 0 Å². The molecule has 0 radical (unpaired) electrons. The highest BCUT2D eigenvalue weighted by Gasteiger charge is 2.23. The van der Waals surface area contributed by atoms with Gasteiger partial charge < -0.3 is 5.32 Å². The van der Waals surface area contributed by atoms with Crippen molar-refractivity contribution in [1.29, 1.82) is 0 Å². The van der Waals surface area contributed by atoms with E-state index in [4.69, 9.17) is 0 Å². The van der Waals surface area contributed by atoms with Crippen LogP contribution in [0.2, 0.25) is 0 Å². The second-order valence-electron chi connectivity index (χ2n) is 6.66. The SMILES string of the molecule is CCCCc1ccc(NC(=O)C(c2ccccc2)c2ccccc2)c(Br)c1. The highest BCUT2D eigenvalue weighted by atomic mass is 79.9. The van der Waals surface area contributed by atoms with Gasteiger partial charge in [0.2, 0.25) is 5.91 Å². The lowest BCUT2D eigenvalue weighted by molar-refractivity contribution is -0.116. The lowest BCUT2D eigenvalue weighted by Crippen LogP contribution is -2.22. The first-order valence-corrected chi connectivity index (χ1v) is 10.2. The predicted octanol–water partition coefficient (Wildman–Crippen LogP) is 6.56. The molecule has 0 bridgehead atoms. The maximum absolute atomic E-state index is 13.2. The van der Waals surface area contributed by atoms with Crippen LogP contribution >= 0.6 is 15.9 Å².